The number of unbranched alkanes of at least 4 members (excludes halogenated alkanes) is 1. The van der Waals surface area contributed by atoms with Gasteiger partial charge in [0.1, 0.15) is 5.82 Å². The van der Waals surface area contributed by atoms with E-state index < -0.39 is 5.76 Å². The fraction of sp³-hybridized carbons (Fsp3) is 0.424. The number of rotatable bonds is 10. The molecular weight excluding hydrogens is 546 g/mol. The first-order chi connectivity index (χ1) is 20.5. The largest absolute Gasteiger partial charge is 0.439 e. The lowest BCUT2D eigenvalue weighted by molar-refractivity contribution is 0.343. The topological polar surface area (TPSA) is 97.0 Å². The van der Waals surface area contributed by atoms with Gasteiger partial charge in [-0.05, 0) is 55.2 Å². The zero-order valence-corrected chi connectivity index (χ0v) is 24.9. The van der Waals surface area contributed by atoms with Crippen molar-refractivity contribution in [2.75, 3.05) is 13.1 Å². The van der Waals surface area contributed by atoms with Crippen LogP contribution < -0.4 is 11.3 Å². The van der Waals surface area contributed by atoms with Crippen LogP contribution in [-0.4, -0.2) is 42.7 Å². The van der Waals surface area contributed by atoms with Crippen molar-refractivity contribution in [3.8, 4) is 22.5 Å². The molecule has 2 aliphatic rings. The summed E-state index contributed by atoms with van der Waals surface area (Å²) in [6.45, 7) is 4.59. The minimum absolute atomic E-state index is 0.0572. The van der Waals surface area contributed by atoms with Crippen LogP contribution in [0.25, 0.3) is 22.5 Å². The zero-order valence-electron chi connectivity index (χ0n) is 24.1. The number of thiocarbonyl (C=S) groups is 1. The van der Waals surface area contributed by atoms with Gasteiger partial charge in [0.15, 0.2) is 5.82 Å². The summed E-state index contributed by atoms with van der Waals surface area (Å²) in [7, 11) is 0. The molecule has 8 nitrogen and oxygen atoms in total. The highest BCUT2D eigenvalue weighted by Crippen LogP contribution is 2.40. The summed E-state index contributed by atoms with van der Waals surface area (Å²) in [6, 6.07) is 15.9. The molecule has 0 amide bonds. The Hall–Kier alpha value is -3.85. The second kappa shape index (κ2) is 12.6. The molecular formula is C33H37N5O3S. The number of piperidine rings is 1. The standard InChI is InChI=1S/C33H37N5O3S/c1-2-3-11-28-34-30(24-16-17-24)27(20-29(42)37-18-7-4-8-19-37)32(39)38(28)21-22-12-14-23(15-13-22)25-9-5-6-10-26(25)31-35-33(40)41-36-31/h5-6,9-10,12-15,24H,2-4,7-8,11,16-21H2,1H3,(H,35,36,40). The number of aromatic nitrogens is 4. The maximum atomic E-state index is 14.2. The number of H-pyrrole nitrogens is 1. The third-order valence-corrected chi connectivity index (χ3v) is 8.76. The summed E-state index contributed by atoms with van der Waals surface area (Å²) >= 11 is 5.89. The van der Waals surface area contributed by atoms with E-state index in [2.05, 4.69) is 34.1 Å². The van der Waals surface area contributed by atoms with Crippen LogP contribution in [0.1, 0.15) is 80.4 Å². The number of likely N-dealkylation sites (tertiary alicyclic amines) is 1. The number of nitrogens with zero attached hydrogens (tertiary/aromatic N) is 4. The Bertz CT molecular complexity index is 1680. The van der Waals surface area contributed by atoms with Crippen LogP contribution in [0.4, 0.5) is 0 Å². The predicted octanol–water partition coefficient (Wildman–Crippen LogP) is 5.88. The van der Waals surface area contributed by atoms with Crippen LogP contribution in [0.3, 0.4) is 0 Å². The van der Waals surface area contributed by atoms with Gasteiger partial charge >= 0.3 is 5.76 Å². The van der Waals surface area contributed by atoms with Gasteiger partial charge in [-0.1, -0.05) is 79.3 Å². The van der Waals surface area contributed by atoms with Crippen LogP contribution in [0.5, 0.6) is 0 Å². The molecule has 0 atom stereocenters. The fourth-order valence-electron chi connectivity index (χ4n) is 5.87. The Labute approximate surface area is 250 Å². The van der Waals surface area contributed by atoms with Crippen LogP contribution in [0.2, 0.25) is 0 Å². The van der Waals surface area contributed by atoms with Crippen molar-refractivity contribution >= 4 is 17.2 Å². The van der Waals surface area contributed by atoms with Crippen molar-refractivity contribution in [3.05, 3.63) is 92.1 Å². The predicted molar refractivity (Wildman–Crippen MR) is 168 cm³/mol. The molecule has 0 spiro atoms. The SMILES string of the molecule is CCCCc1nc(C2CC2)c(CC(=S)N2CCCCC2)c(=O)n1Cc1ccc(-c2ccccc2-c2noc(=O)[nH]2)cc1. The highest BCUT2D eigenvalue weighted by Gasteiger charge is 2.31. The summed E-state index contributed by atoms with van der Waals surface area (Å²) in [5.74, 6) is 1.06. The first-order valence-corrected chi connectivity index (χ1v) is 15.6. The molecule has 1 N–H and O–H groups in total. The molecule has 4 aromatic rings. The minimum atomic E-state index is -0.586. The molecule has 1 aliphatic carbocycles. The molecule has 3 heterocycles. The highest BCUT2D eigenvalue weighted by molar-refractivity contribution is 7.80. The first kappa shape index (κ1) is 28.3. The van der Waals surface area contributed by atoms with E-state index in [4.69, 9.17) is 21.7 Å². The Morgan fingerprint density at radius 3 is 2.43 bits per heavy atom. The number of aryl methyl sites for hydroxylation is 1. The maximum Gasteiger partial charge on any atom is 0.439 e. The molecule has 2 fully saturated rings. The van der Waals surface area contributed by atoms with Gasteiger partial charge < -0.3 is 4.90 Å². The second-order valence-electron chi connectivity index (χ2n) is 11.5. The van der Waals surface area contributed by atoms with Crippen molar-refractivity contribution in [2.45, 2.75) is 77.2 Å². The molecule has 1 saturated carbocycles. The van der Waals surface area contributed by atoms with Gasteiger partial charge in [-0.3, -0.25) is 18.9 Å². The molecule has 9 heteroatoms. The Balaban J connectivity index is 1.32. The minimum Gasteiger partial charge on any atom is -0.366 e. The maximum absolute atomic E-state index is 14.2. The summed E-state index contributed by atoms with van der Waals surface area (Å²) in [4.78, 5) is 36.8. The molecule has 2 aromatic heterocycles. The molecule has 1 saturated heterocycles. The van der Waals surface area contributed by atoms with E-state index in [-0.39, 0.29) is 5.56 Å². The summed E-state index contributed by atoms with van der Waals surface area (Å²) in [5.41, 5.74) is 5.55. The molecule has 2 aromatic carbocycles. The van der Waals surface area contributed by atoms with Crippen LogP contribution in [-0.2, 0) is 19.4 Å². The third-order valence-electron chi connectivity index (χ3n) is 8.36. The van der Waals surface area contributed by atoms with Crippen molar-refractivity contribution in [2.24, 2.45) is 0 Å². The summed E-state index contributed by atoms with van der Waals surface area (Å²) < 4.78 is 6.62. The van der Waals surface area contributed by atoms with E-state index in [0.29, 0.717) is 24.7 Å². The number of benzene rings is 2. The average molecular weight is 584 g/mol. The number of aromatic amines is 1. The first-order valence-electron chi connectivity index (χ1n) is 15.2. The van der Waals surface area contributed by atoms with Crippen molar-refractivity contribution in [1.29, 1.82) is 0 Å². The van der Waals surface area contributed by atoms with E-state index in [1.54, 1.807) is 0 Å². The second-order valence-corrected chi connectivity index (χ2v) is 11.9. The zero-order chi connectivity index (χ0) is 29.1. The lowest BCUT2D eigenvalue weighted by Crippen LogP contribution is -2.38. The Morgan fingerprint density at radius 1 is 1.02 bits per heavy atom. The van der Waals surface area contributed by atoms with E-state index in [1.807, 2.05) is 41.0 Å². The fourth-order valence-corrected chi connectivity index (χ4v) is 6.20. The van der Waals surface area contributed by atoms with Gasteiger partial charge in [0.2, 0.25) is 0 Å². The summed E-state index contributed by atoms with van der Waals surface area (Å²) in [5, 5.41) is 3.87. The molecule has 218 valence electrons. The summed E-state index contributed by atoms with van der Waals surface area (Å²) in [6.07, 6.45) is 9.07. The van der Waals surface area contributed by atoms with E-state index in [1.165, 1.54) is 6.42 Å². The highest BCUT2D eigenvalue weighted by atomic mass is 32.1. The Morgan fingerprint density at radius 2 is 1.76 bits per heavy atom. The number of nitrogens with one attached hydrogen (secondary N) is 1. The van der Waals surface area contributed by atoms with E-state index >= 15 is 0 Å². The molecule has 0 radical (unpaired) electrons. The van der Waals surface area contributed by atoms with Crippen LogP contribution >= 0.6 is 12.2 Å². The third kappa shape index (κ3) is 6.16. The van der Waals surface area contributed by atoms with Gasteiger partial charge in [0.05, 0.1) is 17.2 Å². The van der Waals surface area contributed by atoms with Crippen molar-refractivity contribution in [1.82, 2.24) is 24.6 Å². The van der Waals surface area contributed by atoms with Gasteiger partial charge in [0.25, 0.3) is 5.56 Å². The van der Waals surface area contributed by atoms with Gasteiger partial charge in [-0.2, -0.15) is 0 Å². The smallest absolute Gasteiger partial charge is 0.366 e. The normalized spacial score (nSPS) is 15.2. The van der Waals surface area contributed by atoms with Gasteiger partial charge in [-0.15, -0.1) is 0 Å². The number of hydrogen-bond acceptors (Lipinski definition) is 6. The molecule has 42 heavy (non-hydrogen) atoms. The van der Waals surface area contributed by atoms with Crippen LogP contribution in [0, 0.1) is 0 Å². The van der Waals surface area contributed by atoms with Gasteiger partial charge in [0, 0.05) is 43.0 Å². The van der Waals surface area contributed by atoms with Crippen molar-refractivity contribution < 1.29 is 4.52 Å². The lowest BCUT2D eigenvalue weighted by Gasteiger charge is -2.29. The lowest BCUT2D eigenvalue weighted by atomic mass is 9.98. The molecule has 0 unspecified atom stereocenters. The molecule has 6 rings (SSSR count). The average Bonchev–Trinajstić information content (AvgIpc) is 3.78. The quantitative estimate of drug-likeness (QED) is 0.233. The molecule has 0 bridgehead atoms. The monoisotopic (exact) mass is 583 g/mol. The Kier molecular flexibility index (Phi) is 8.46. The van der Waals surface area contributed by atoms with E-state index in [9.17, 15) is 9.59 Å². The van der Waals surface area contributed by atoms with Crippen molar-refractivity contribution in [3.63, 3.8) is 0 Å². The van der Waals surface area contributed by atoms with Gasteiger partial charge in [-0.25, -0.2) is 9.78 Å². The van der Waals surface area contributed by atoms with E-state index in [0.717, 1.165) is 102 Å². The molecule has 1 aliphatic heterocycles. The number of hydrogen-bond donors (Lipinski definition) is 1. The van der Waals surface area contributed by atoms with Crippen LogP contribution in [0.15, 0.2) is 62.6 Å².